The summed E-state index contributed by atoms with van der Waals surface area (Å²) in [6, 6.07) is 13.1. The van der Waals surface area contributed by atoms with Gasteiger partial charge in [0.15, 0.2) is 5.16 Å². The van der Waals surface area contributed by atoms with Gasteiger partial charge in [-0.15, -0.1) is 0 Å². The summed E-state index contributed by atoms with van der Waals surface area (Å²) in [6.45, 7) is 7.71. The van der Waals surface area contributed by atoms with E-state index < -0.39 is 0 Å². The molecule has 2 aromatic carbocycles. The number of aromatic nitrogens is 2. The number of para-hydroxylation sites is 1. The van der Waals surface area contributed by atoms with Crippen LogP contribution in [0.25, 0.3) is 10.9 Å². The van der Waals surface area contributed by atoms with Gasteiger partial charge in [0.1, 0.15) is 0 Å². The molecule has 6 nitrogen and oxygen atoms in total. The maximum absolute atomic E-state index is 13.0. The van der Waals surface area contributed by atoms with Gasteiger partial charge in [0.2, 0.25) is 5.91 Å². The lowest BCUT2D eigenvalue weighted by Gasteiger charge is -2.13. The van der Waals surface area contributed by atoms with E-state index >= 15 is 0 Å². The van der Waals surface area contributed by atoms with Gasteiger partial charge in [0.25, 0.3) is 5.56 Å². The second kappa shape index (κ2) is 10.4. The molecule has 3 rings (SSSR count). The number of carbonyl (C=O) groups excluding carboxylic acids is 1. The SMILES string of the molecule is CCOCCCn1c(SCC(=O)Nc2ccc(C)c(C)c2)nc2ccccc2c1=O. The predicted molar refractivity (Wildman–Crippen MR) is 122 cm³/mol. The largest absolute Gasteiger partial charge is 0.382 e. The normalized spacial score (nSPS) is 11.0. The molecule has 0 spiro atoms. The first-order chi connectivity index (χ1) is 14.5. The second-order valence-electron chi connectivity index (χ2n) is 7.05. The number of amides is 1. The van der Waals surface area contributed by atoms with Crippen molar-refractivity contribution in [3.63, 3.8) is 0 Å². The van der Waals surface area contributed by atoms with E-state index in [9.17, 15) is 9.59 Å². The fraction of sp³-hybridized carbons (Fsp3) is 0.348. The molecule has 0 bridgehead atoms. The van der Waals surface area contributed by atoms with Crippen molar-refractivity contribution in [2.24, 2.45) is 0 Å². The standard InChI is InChI=1S/C23H27N3O3S/c1-4-29-13-7-12-26-22(28)19-8-5-6-9-20(19)25-23(26)30-15-21(27)24-18-11-10-16(2)17(3)14-18/h5-6,8-11,14H,4,7,12-13,15H2,1-3H3,(H,24,27). The van der Waals surface area contributed by atoms with Gasteiger partial charge in [-0.2, -0.15) is 0 Å². The number of carbonyl (C=O) groups is 1. The number of ether oxygens (including phenoxy) is 1. The number of hydrogen-bond acceptors (Lipinski definition) is 5. The Labute approximate surface area is 180 Å². The molecule has 158 valence electrons. The quantitative estimate of drug-likeness (QED) is 0.316. The van der Waals surface area contributed by atoms with E-state index in [2.05, 4.69) is 10.3 Å². The molecule has 0 unspecified atom stereocenters. The monoisotopic (exact) mass is 425 g/mol. The summed E-state index contributed by atoms with van der Waals surface area (Å²) in [4.78, 5) is 30.1. The summed E-state index contributed by atoms with van der Waals surface area (Å²) in [7, 11) is 0. The van der Waals surface area contributed by atoms with Gasteiger partial charge in [0, 0.05) is 25.4 Å². The number of hydrogen-bond donors (Lipinski definition) is 1. The van der Waals surface area contributed by atoms with Crippen LogP contribution in [-0.4, -0.2) is 34.4 Å². The minimum Gasteiger partial charge on any atom is -0.382 e. The summed E-state index contributed by atoms with van der Waals surface area (Å²) in [5.74, 6) is 0.0370. The van der Waals surface area contributed by atoms with Crippen LogP contribution in [0.15, 0.2) is 52.4 Å². The first-order valence-electron chi connectivity index (χ1n) is 10.1. The molecule has 0 aliphatic heterocycles. The lowest BCUT2D eigenvalue weighted by Crippen LogP contribution is -2.25. The van der Waals surface area contributed by atoms with Crippen molar-refractivity contribution in [3.05, 3.63) is 63.9 Å². The Hall–Kier alpha value is -2.64. The highest BCUT2D eigenvalue weighted by molar-refractivity contribution is 7.99. The molecule has 30 heavy (non-hydrogen) atoms. The second-order valence-corrected chi connectivity index (χ2v) is 8.00. The Morgan fingerprint density at radius 1 is 1.17 bits per heavy atom. The molecule has 0 atom stereocenters. The maximum Gasteiger partial charge on any atom is 0.262 e. The van der Waals surface area contributed by atoms with Gasteiger partial charge in [0.05, 0.1) is 16.7 Å². The Morgan fingerprint density at radius 2 is 1.97 bits per heavy atom. The minimum atomic E-state index is -0.133. The Morgan fingerprint density at radius 3 is 2.73 bits per heavy atom. The molecular formula is C23H27N3O3S. The summed E-state index contributed by atoms with van der Waals surface area (Å²) in [5, 5.41) is 4.04. The molecule has 3 aromatic rings. The third-order valence-corrected chi connectivity index (χ3v) is 5.80. The highest BCUT2D eigenvalue weighted by Gasteiger charge is 2.13. The van der Waals surface area contributed by atoms with Crippen LogP contribution in [-0.2, 0) is 16.1 Å². The fourth-order valence-electron chi connectivity index (χ4n) is 3.07. The summed E-state index contributed by atoms with van der Waals surface area (Å²) < 4.78 is 7.05. The van der Waals surface area contributed by atoms with E-state index in [1.807, 2.05) is 57.2 Å². The molecule has 0 radical (unpaired) electrons. The number of aryl methyl sites for hydroxylation is 2. The van der Waals surface area contributed by atoms with E-state index in [0.29, 0.717) is 42.2 Å². The van der Waals surface area contributed by atoms with Crippen LogP contribution in [0.1, 0.15) is 24.5 Å². The number of thioether (sulfide) groups is 1. The van der Waals surface area contributed by atoms with Crippen molar-refractivity contribution in [2.45, 2.75) is 38.9 Å². The zero-order chi connectivity index (χ0) is 21.5. The van der Waals surface area contributed by atoms with Gasteiger partial charge in [-0.3, -0.25) is 14.2 Å². The summed E-state index contributed by atoms with van der Waals surface area (Å²) >= 11 is 1.27. The third kappa shape index (κ3) is 5.49. The molecule has 0 saturated heterocycles. The lowest BCUT2D eigenvalue weighted by molar-refractivity contribution is -0.113. The van der Waals surface area contributed by atoms with Crippen molar-refractivity contribution < 1.29 is 9.53 Å². The lowest BCUT2D eigenvalue weighted by atomic mass is 10.1. The molecule has 1 aromatic heterocycles. The van der Waals surface area contributed by atoms with E-state index in [0.717, 1.165) is 11.3 Å². The van der Waals surface area contributed by atoms with Crippen molar-refractivity contribution in [3.8, 4) is 0 Å². The first-order valence-corrected chi connectivity index (χ1v) is 11.1. The Balaban J connectivity index is 1.76. The van der Waals surface area contributed by atoms with Crippen LogP contribution in [0, 0.1) is 13.8 Å². The molecule has 0 aliphatic rings. The zero-order valence-corrected chi connectivity index (χ0v) is 18.4. The van der Waals surface area contributed by atoms with Crippen LogP contribution in [0.4, 0.5) is 5.69 Å². The van der Waals surface area contributed by atoms with E-state index in [1.54, 1.807) is 10.6 Å². The van der Waals surface area contributed by atoms with Crippen molar-refractivity contribution in [1.29, 1.82) is 0 Å². The van der Waals surface area contributed by atoms with Crippen molar-refractivity contribution >= 4 is 34.3 Å². The van der Waals surface area contributed by atoms with Crippen LogP contribution in [0.2, 0.25) is 0 Å². The van der Waals surface area contributed by atoms with Crippen molar-refractivity contribution in [2.75, 3.05) is 24.3 Å². The van der Waals surface area contributed by atoms with Crippen LogP contribution >= 0.6 is 11.8 Å². The molecule has 1 heterocycles. The Bertz CT molecular complexity index is 1090. The molecule has 0 aliphatic carbocycles. The average Bonchev–Trinajstić information content (AvgIpc) is 2.74. The van der Waals surface area contributed by atoms with Gasteiger partial charge in [-0.25, -0.2) is 4.98 Å². The topological polar surface area (TPSA) is 73.2 Å². The maximum atomic E-state index is 13.0. The smallest absolute Gasteiger partial charge is 0.262 e. The Kier molecular flexibility index (Phi) is 7.65. The van der Waals surface area contributed by atoms with Gasteiger partial charge >= 0.3 is 0 Å². The minimum absolute atomic E-state index is 0.0887. The van der Waals surface area contributed by atoms with Crippen LogP contribution in [0.5, 0.6) is 0 Å². The first kappa shape index (κ1) is 22.1. The molecule has 7 heteroatoms. The number of fused-ring (bicyclic) bond motifs is 1. The van der Waals surface area contributed by atoms with Gasteiger partial charge in [-0.1, -0.05) is 30.0 Å². The highest BCUT2D eigenvalue weighted by atomic mass is 32.2. The average molecular weight is 426 g/mol. The third-order valence-electron chi connectivity index (χ3n) is 4.82. The zero-order valence-electron chi connectivity index (χ0n) is 17.6. The number of nitrogens with zero attached hydrogens (tertiary/aromatic N) is 2. The van der Waals surface area contributed by atoms with Gasteiger partial charge in [-0.05, 0) is 62.6 Å². The van der Waals surface area contributed by atoms with Gasteiger partial charge < -0.3 is 10.1 Å². The number of nitrogens with one attached hydrogen (secondary N) is 1. The number of rotatable bonds is 9. The predicted octanol–water partition coefficient (Wildman–Crippen LogP) is 4.17. The van der Waals surface area contributed by atoms with Crippen LogP contribution < -0.4 is 10.9 Å². The molecule has 0 fully saturated rings. The molecular weight excluding hydrogens is 398 g/mol. The number of benzene rings is 2. The van der Waals surface area contributed by atoms with E-state index in [1.165, 1.54) is 17.3 Å². The summed E-state index contributed by atoms with van der Waals surface area (Å²) in [6.07, 6.45) is 0.705. The highest BCUT2D eigenvalue weighted by Crippen LogP contribution is 2.19. The van der Waals surface area contributed by atoms with E-state index in [4.69, 9.17) is 4.74 Å². The molecule has 0 saturated carbocycles. The van der Waals surface area contributed by atoms with Crippen LogP contribution in [0.3, 0.4) is 0 Å². The van der Waals surface area contributed by atoms with E-state index in [-0.39, 0.29) is 17.2 Å². The summed E-state index contributed by atoms with van der Waals surface area (Å²) in [5.41, 5.74) is 3.62. The molecule has 1 N–H and O–H groups in total. The molecule has 1 amide bonds. The fourth-order valence-corrected chi connectivity index (χ4v) is 3.90. The van der Waals surface area contributed by atoms with Crippen molar-refractivity contribution in [1.82, 2.24) is 9.55 Å². The number of anilines is 1.